The number of rotatable bonds is 6. The second-order valence-corrected chi connectivity index (χ2v) is 6.78. The maximum atomic E-state index is 12.5. The lowest BCUT2D eigenvalue weighted by molar-refractivity contribution is -0.418. The zero-order valence-corrected chi connectivity index (χ0v) is 14.2. The summed E-state index contributed by atoms with van der Waals surface area (Å²) in [6, 6.07) is 4.38. The number of thioether (sulfide) groups is 1. The molecule has 0 aliphatic heterocycles. The zero-order chi connectivity index (χ0) is 18.1. The maximum Gasteiger partial charge on any atom is 0.318 e. The Hall–Kier alpha value is -2.74. The molecule has 0 fully saturated rings. The molecule has 0 saturated carbocycles. The van der Waals surface area contributed by atoms with E-state index in [1.807, 2.05) is 0 Å². The lowest BCUT2D eigenvalue weighted by atomic mass is 9.94. The number of hydrogen-bond donors (Lipinski definition) is 0. The van der Waals surface area contributed by atoms with Gasteiger partial charge in [0.2, 0.25) is 0 Å². The summed E-state index contributed by atoms with van der Waals surface area (Å²) in [5.41, 5.74) is 1.58. The van der Waals surface area contributed by atoms with Gasteiger partial charge in [-0.2, -0.15) is 0 Å². The van der Waals surface area contributed by atoms with E-state index >= 15 is 0 Å². The third-order valence-electron chi connectivity index (χ3n) is 4.03. The number of nitro groups is 2. The quantitative estimate of drug-likeness (QED) is 0.433. The van der Waals surface area contributed by atoms with Crippen molar-refractivity contribution in [3.8, 4) is 0 Å². The van der Waals surface area contributed by atoms with Crippen molar-refractivity contribution < 1.29 is 14.6 Å². The summed E-state index contributed by atoms with van der Waals surface area (Å²) in [5.74, 6) is 0.124. The van der Waals surface area contributed by atoms with Gasteiger partial charge in [-0.25, -0.2) is 0 Å². The molecule has 25 heavy (non-hydrogen) atoms. The molecular formula is C17H14N2O5S. The molecule has 0 bridgehead atoms. The molecule has 0 aromatic heterocycles. The number of Topliss-reactive ketones (excluding diaryl/α,β-unsaturated/α-hetero) is 1. The van der Waals surface area contributed by atoms with Crippen molar-refractivity contribution in [2.75, 3.05) is 5.75 Å². The molecule has 2 aliphatic rings. The van der Waals surface area contributed by atoms with E-state index in [-0.39, 0.29) is 11.3 Å². The molecule has 0 atom stereocenters. The van der Waals surface area contributed by atoms with Crippen LogP contribution in [0.25, 0.3) is 11.6 Å². The van der Waals surface area contributed by atoms with Crippen LogP contribution in [0.4, 0.5) is 5.69 Å². The van der Waals surface area contributed by atoms with Gasteiger partial charge in [0.25, 0.3) is 11.5 Å². The van der Waals surface area contributed by atoms with Crippen LogP contribution in [0.15, 0.2) is 40.5 Å². The van der Waals surface area contributed by atoms with Crippen LogP contribution in [0.5, 0.6) is 0 Å². The van der Waals surface area contributed by atoms with Crippen LogP contribution in [0.1, 0.15) is 30.9 Å². The highest BCUT2D eigenvalue weighted by Crippen LogP contribution is 2.46. The van der Waals surface area contributed by atoms with Gasteiger partial charge in [-0.3, -0.25) is 25.0 Å². The maximum absolute atomic E-state index is 12.5. The van der Waals surface area contributed by atoms with Crippen molar-refractivity contribution in [1.82, 2.24) is 0 Å². The third kappa shape index (κ3) is 3.00. The van der Waals surface area contributed by atoms with Crippen LogP contribution < -0.4 is 0 Å². The van der Waals surface area contributed by atoms with Crippen LogP contribution in [0, 0.1) is 20.2 Å². The zero-order valence-electron chi connectivity index (χ0n) is 13.4. The Kier molecular flexibility index (Phi) is 4.54. The number of nitrogens with zero attached hydrogens (tertiary/aromatic N) is 2. The highest BCUT2D eigenvalue weighted by atomic mass is 32.2. The monoisotopic (exact) mass is 358 g/mol. The van der Waals surface area contributed by atoms with E-state index in [1.165, 1.54) is 36.0 Å². The van der Waals surface area contributed by atoms with E-state index in [4.69, 9.17) is 0 Å². The van der Waals surface area contributed by atoms with Crippen LogP contribution >= 0.6 is 11.8 Å². The SMILES string of the molecule is CCCCSC1=C2C(=Cc3cc([N+](=O)[O-])ccc32)C(=O)C([N+](=O)[O-])=C1. The first-order chi connectivity index (χ1) is 11.9. The second-order valence-electron chi connectivity index (χ2n) is 5.64. The fraction of sp³-hybridized carbons (Fsp3) is 0.235. The van der Waals surface area contributed by atoms with Crippen LogP contribution in [0.2, 0.25) is 0 Å². The number of fused-ring (bicyclic) bond motifs is 3. The number of unbranched alkanes of at least 4 members (excludes halogenated alkanes) is 1. The topological polar surface area (TPSA) is 103 Å². The Bertz CT molecular complexity index is 898. The van der Waals surface area contributed by atoms with Crippen molar-refractivity contribution in [1.29, 1.82) is 0 Å². The van der Waals surface area contributed by atoms with Crippen molar-refractivity contribution in [2.45, 2.75) is 19.8 Å². The largest absolute Gasteiger partial charge is 0.318 e. The smallest absolute Gasteiger partial charge is 0.282 e. The minimum atomic E-state index is -0.675. The van der Waals surface area contributed by atoms with Crippen molar-refractivity contribution in [3.63, 3.8) is 0 Å². The molecule has 2 aliphatic carbocycles. The van der Waals surface area contributed by atoms with Gasteiger partial charge in [0, 0.05) is 34.3 Å². The average molecular weight is 358 g/mol. The lowest BCUT2D eigenvalue weighted by Gasteiger charge is -2.15. The van der Waals surface area contributed by atoms with E-state index in [2.05, 4.69) is 6.92 Å². The molecule has 0 spiro atoms. The summed E-state index contributed by atoms with van der Waals surface area (Å²) in [6.07, 6.45) is 4.78. The number of carbonyl (C=O) groups excluding carboxylic acids is 1. The molecule has 0 heterocycles. The number of benzene rings is 1. The molecule has 1 aromatic carbocycles. The van der Waals surface area contributed by atoms with E-state index < -0.39 is 21.3 Å². The number of carbonyl (C=O) groups is 1. The van der Waals surface area contributed by atoms with Gasteiger partial charge in [0.05, 0.1) is 9.85 Å². The number of nitro benzene ring substituents is 1. The van der Waals surface area contributed by atoms with Gasteiger partial charge in [-0.15, -0.1) is 11.8 Å². The lowest BCUT2D eigenvalue weighted by Crippen LogP contribution is -2.17. The molecule has 8 heteroatoms. The van der Waals surface area contributed by atoms with Crippen LogP contribution in [-0.2, 0) is 4.79 Å². The molecule has 0 unspecified atom stereocenters. The first kappa shape index (κ1) is 17.1. The fourth-order valence-corrected chi connectivity index (χ4v) is 4.02. The average Bonchev–Trinajstić information content (AvgIpc) is 2.96. The number of non-ortho nitro benzene ring substituents is 1. The highest BCUT2D eigenvalue weighted by Gasteiger charge is 2.38. The number of allylic oxidation sites excluding steroid dienone is 3. The molecule has 128 valence electrons. The molecule has 7 nitrogen and oxygen atoms in total. The molecule has 0 radical (unpaired) electrons. The van der Waals surface area contributed by atoms with Crippen molar-refractivity contribution >= 4 is 34.9 Å². The highest BCUT2D eigenvalue weighted by molar-refractivity contribution is 8.03. The van der Waals surface area contributed by atoms with Gasteiger partial charge in [0.15, 0.2) is 0 Å². The fourth-order valence-electron chi connectivity index (χ4n) is 2.80. The Morgan fingerprint density at radius 3 is 2.52 bits per heavy atom. The molecule has 0 amide bonds. The molecular weight excluding hydrogens is 344 g/mol. The summed E-state index contributed by atoms with van der Waals surface area (Å²) in [7, 11) is 0. The predicted octanol–water partition coefficient (Wildman–Crippen LogP) is 3.98. The van der Waals surface area contributed by atoms with Crippen LogP contribution in [-0.4, -0.2) is 21.4 Å². The first-order valence-corrected chi connectivity index (χ1v) is 8.71. The minimum Gasteiger partial charge on any atom is -0.282 e. The summed E-state index contributed by atoms with van der Waals surface area (Å²) in [4.78, 5) is 34.1. The molecule has 0 saturated heterocycles. The normalized spacial score (nSPS) is 15.5. The van der Waals surface area contributed by atoms with E-state index in [0.29, 0.717) is 21.6 Å². The summed E-state index contributed by atoms with van der Waals surface area (Å²) in [6.45, 7) is 2.05. The molecule has 1 aromatic rings. The van der Waals surface area contributed by atoms with Gasteiger partial charge < -0.3 is 0 Å². The number of hydrogen-bond acceptors (Lipinski definition) is 6. The van der Waals surface area contributed by atoms with Crippen molar-refractivity contribution in [2.24, 2.45) is 0 Å². The Labute approximate surface area is 147 Å². The van der Waals surface area contributed by atoms with Crippen molar-refractivity contribution in [3.05, 3.63) is 71.8 Å². The Morgan fingerprint density at radius 1 is 1.12 bits per heavy atom. The predicted molar refractivity (Wildman–Crippen MR) is 95.4 cm³/mol. The third-order valence-corrected chi connectivity index (χ3v) is 5.15. The Morgan fingerprint density at radius 2 is 1.88 bits per heavy atom. The summed E-state index contributed by atoms with van der Waals surface area (Å²) >= 11 is 1.47. The van der Waals surface area contributed by atoms with Crippen LogP contribution in [0.3, 0.4) is 0 Å². The number of ketones is 1. The first-order valence-electron chi connectivity index (χ1n) is 7.72. The Balaban J connectivity index is 2.14. The summed E-state index contributed by atoms with van der Waals surface area (Å²) < 4.78 is 0. The molecule has 0 N–H and O–H groups in total. The molecule has 3 rings (SSSR count). The standard InChI is InChI=1S/C17H14N2O5S/c1-2-3-6-25-15-9-14(19(23)24)17(20)13-8-10-7-11(18(21)22)4-5-12(10)16(13)15/h4-5,7-9H,2-3,6H2,1H3. The van der Waals surface area contributed by atoms with E-state index in [1.54, 1.807) is 6.07 Å². The van der Waals surface area contributed by atoms with E-state index in [9.17, 15) is 25.0 Å². The van der Waals surface area contributed by atoms with E-state index in [0.717, 1.165) is 18.6 Å². The van der Waals surface area contributed by atoms with Gasteiger partial charge in [0.1, 0.15) is 0 Å². The minimum absolute atomic E-state index is 0.0788. The van der Waals surface area contributed by atoms with Gasteiger partial charge in [-0.05, 0) is 35.4 Å². The summed E-state index contributed by atoms with van der Waals surface area (Å²) in [5, 5.41) is 22.2. The second kappa shape index (κ2) is 6.64. The van der Waals surface area contributed by atoms with Gasteiger partial charge >= 0.3 is 5.70 Å². The van der Waals surface area contributed by atoms with Gasteiger partial charge in [-0.1, -0.05) is 13.3 Å².